The molecule has 237 valence electrons. The Morgan fingerprint density at radius 3 is 1.80 bits per heavy atom. The van der Waals surface area contributed by atoms with Gasteiger partial charge in [-0.3, -0.25) is 0 Å². The second-order valence-corrected chi connectivity index (χ2v) is 17.6. The summed E-state index contributed by atoms with van der Waals surface area (Å²) in [5.41, 5.74) is 18.6. The van der Waals surface area contributed by atoms with Gasteiger partial charge in [-0.1, -0.05) is 0 Å². The number of halogens is 2. The van der Waals surface area contributed by atoms with Gasteiger partial charge in [-0.05, 0) is 0 Å². The number of hydrogen-bond acceptors (Lipinski definition) is 0. The molecular formula is C43H47Cl2Zr. The molecule has 0 aromatic heterocycles. The zero-order chi connectivity index (χ0) is 31.2. The Balaban J connectivity index is 0.00000240. The molecule has 46 heavy (non-hydrogen) atoms. The van der Waals surface area contributed by atoms with Crippen molar-refractivity contribution in [2.24, 2.45) is 0 Å². The van der Waals surface area contributed by atoms with Gasteiger partial charge in [-0.15, -0.1) is 0 Å². The maximum atomic E-state index is 2.56. The van der Waals surface area contributed by atoms with Gasteiger partial charge < -0.3 is 24.8 Å². The van der Waals surface area contributed by atoms with Gasteiger partial charge in [0.05, 0.1) is 0 Å². The molecule has 6 rings (SSSR count). The summed E-state index contributed by atoms with van der Waals surface area (Å²) >= 11 is -1.30. The van der Waals surface area contributed by atoms with E-state index in [0.29, 0.717) is 0 Å². The maximum absolute atomic E-state index is 2.56. The predicted molar refractivity (Wildman–Crippen MR) is 188 cm³/mol. The van der Waals surface area contributed by atoms with Gasteiger partial charge in [0.25, 0.3) is 0 Å². The Morgan fingerprint density at radius 2 is 1.33 bits per heavy atom. The van der Waals surface area contributed by atoms with E-state index in [1.807, 2.05) is 0 Å². The number of fused-ring (bicyclic) bond motifs is 3. The number of aryl methyl sites for hydroxylation is 1. The molecule has 0 N–H and O–H groups in total. The number of benzene rings is 4. The quantitative estimate of drug-likeness (QED) is 0.245. The fourth-order valence-electron chi connectivity index (χ4n) is 7.34. The maximum Gasteiger partial charge on any atom is -1.00 e. The standard InChI is InChI=1S/C30H37.C13H10.2ClH.Zr/c1-9-19-16-23(29(3,4)5)17-21-15-22-18-25(30(6,7)8)27(20-13-11-12-14-20)24(10-2)28(22)26(19)21;1-3-7-12(8-4-1)11-13-9-5-2-6-10-13;;;/h11-13,16-17H,9-10,14-15H2,1-8H3;1-10H;2*1H;/q;;;;+2/p-2. The van der Waals surface area contributed by atoms with Crippen LogP contribution in [0.4, 0.5) is 0 Å². The summed E-state index contributed by atoms with van der Waals surface area (Å²) < 4.78 is 3.30. The summed E-state index contributed by atoms with van der Waals surface area (Å²) in [6, 6.07) is 27.6. The molecule has 0 amide bonds. The molecule has 2 aliphatic rings. The molecule has 0 saturated carbocycles. The molecule has 0 unspecified atom stereocenters. The Hall–Kier alpha value is -2.31. The van der Waals surface area contributed by atoms with Crippen molar-refractivity contribution in [1.29, 1.82) is 0 Å². The van der Waals surface area contributed by atoms with Crippen molar-refractivity contribution in [2.75, 3.05) is 0 Å². The van der Waals surface area contributed by atoms with Gasteiger partial charge in [0, 0.05) is 0 Å². The fourth-order valence-corrected chi connectivity index (χ4v) is 11.9. The molecule has 0 fully saturated rings. The minimum atomic E-state index is -1.30. The summed E-state index contributed by atoms with van der Waals surface area (Å²) in [7, 11) is 0. The zero-order valence-electron chi connectivity index (χ0n) is 28.7. The average Bonchev–Trinajstić information content (AvgIpc) is 3.67. The molecule has 0 bridgehead atoms. The minimum Gasteiger partial charge on any atom is -1.00 e. The molecule has 0 radical (unpaired) electrons. The van der Waals surface area contributed by atoms with Crippen molar-refractivity contribution in [3.05, 3.63) is 141 Å². The van der Waals surface area contributed by atoms with Gasteiger partial charge in [-0.2, -0.15) is 0 Å². The van der Waals surface area contributed by atoms with Crippen molar-refractivity contribution in [1.82, 2.24) is 0 Å². The second-order valence-electron chi connectivity index (χ2n) is 14.6. The summed E-state index contributed by atoms with van der Waals surface area (Å²) in [5.74, 6) is 0. The van der Waals surface area contributed by atoms with Gasteiger partial charge in [-0.25, -0.2) is 0 Å². The number of rotatable bonds is 6. The van der Waals surface area contributed by atoms with E-state index in [1.165, 1.54) is 27.8 Å². The van der Waals surface area contributed by atoms with Crippen LogP contribution >= 0.6 is 0 Å². The first-order valence-electron chi connectivity index (χ1n) is 16.5. The van der Waals surface area contributed by atoms with Crippen LogP contribution in [-0.4, -0.2) is 3.21 Å². The number of allylic oxidation sites excluding steroid dienone is 4. The summed E-state index contributed by atoms with van der Waals surface area (Å²) in [6.45, 7) is 19.2. The Bertz CT molecular complexity index is 1770. The predicted octanol–water partition coefficient (Wildman–Crippen LogP) is 4.31. The molecule has 3 heteroatoms. The van der Waals surface area contributed by atoms with Crippen LogP contribution in [-0.2, 0) is 52.8 Å². The summed E-state index contributed by atoms with van der Waals surface area (Å²) in [4.78, 5) is 0. The molecule has 0 saturated heterocycles. The summed E-state index contributed by atoms with van der Waals surface area (Å²) in [5, 5.41) is 0. The van der Waals surface area contributed by atoms with E-state index in [2.05, 4.69) is 146 Å². The average molecular weight is 726 g/mol. The van der Waals surface area contributed by atoms with Crippen LogP contribution in [0.25, 0.3) is 16.7 Å². The van der Waals surface area contributed by atoms with E-state index in [-0.39, 0.29) is 35.6 Å². The molecule has 0 aliphatic heterocycles. The zero-order valence-corrected chi connectivity index (χ0v) is 32.7. The third-order valence-corrected chi connectivity index (χ3v) is 13.4. The van der Waals surface area contributed by atoms with Crippen molar-refractivity contribution in [2.45, 2.75) is 91.9 Å². The first kappa shape index (κ1) is 36.5. The molecule has 0 heterocycles. The number of hydrogen-bond donors (Lipinski definition) is 0. The minimum absolute atomic E-state index is 0. The van der Waals surface area contributed by atoms with Gasteiger partial charge in [0.1, 0.15) is 0 Å². The van der Waals surface area contributed by atoms with Crippen LogP contribution in [0.15, 0.2) is 91.0 Å². The van der Waals surface area contributed by atoms with Gasteiger partial charge in [0.15, 0.2) is 0 Å². The van der Waals surface area contributed by atoms with Gasteiger partial charge in [0.2, 0.25) is 0 Å². The Kier molecular flexibility index (Phi) is 11.5. The molecule has 0 spiro atoms. The molecule has 0 nitrogen and oxygen atoms in total. The second kappa shape index (κ2) is 14.4. The Morgan fingerprint density at radius 1 is 0.717 bits per heavy atom. The first-order valence-corrected chi connectivity index (χ1v) is 19.0. The third kappa shape index (κ3) is 6.81. The van der Waals surface area contributed by atoms with Crippen LogP contribution in [0.3, 0.4) is 0 Å². The van der Waals surface area contributed by atoms with Gasteiger partial charge >= 0.3 is 279 Å². The van der Waals surface area contributed by atoms with Crippen LogP contribution in [0.5, 0.6) is 0 Å². The fraction of sp³-hybridized carbons (Fsp3) is 0.326. The molecule has 4 aromatic rings. The SMILES string of the molecule is CCc1cc(C(C)(C)C)cc2c1-c1c([c]([Zr+2]=[C](c3ccccc3)c3ccccc3)c(C(C)(C)C)c(C3=CC=CC3)c1CC)C2.[Cl-].[Cl-]. The van der Waals surface area contributed by atoms with E-state index < -0.39 is 22.8 Å². The van der Waals surface area contributed by atoms with E-state index >= 15 is 0 Å². The largest absolute Gasteiger partial charge is 1.00 e. The van der Waals surface area contributed by atoms with E-state index in [1.54, 1.807) is 45.4 Å². The van der Waals surface area contributed by atoms with Crippen molar-refractivity contribution < 1.29 is 47.6 Å². The molecule has 4 aromatic carbocycles. The Labute approximate surface area is 301 Å². The third-order valence-electron chi connectivity index (χ3n) is 9.44. The van der Waals surface area contributed by atoms with Crippen LogP contribution < -0.4 is 28.1 Å². The monoisotopic (exact) mass is 723 g/mol. The molecular weight excluding hydrogens is 679 g/mol. The van der Waals surface area contributed by atoms with Crippen molar-refractivity contribution in [3.63, 3.8) is 0 Å². The van der Waals surface area contributed by atoms with Crippen LogP contribution in [0.1, 0.15) is 112 Å². The van der Waals surface area contributed by atoms with Crippen LogP contribution in [0, 0.1) is 0 Å². The topological polar surface area (TPSA) is 0 Å². The van der Waals surface area contributed by atoms with Crippen molar-refractivity contribution >= 4 is 12.1 Å². The van der Waals surface area contributed by atoms with Crippen LogP contribution in [0.2, 0.25) is 0 Å². The molecule has 2 aliphatic carbocycles. The van der Waals surface area contributed by atoms with Crippen molar-refractivity contribution in [3.8, 4) is 11.1 Å². The smallest absolute Gasteiger partial charge is 1.00 e. The van der Waals surface area contributed by atoms with E-state index in [0.717, 1.165) is 25.7 Å². The van der Waals surface area contributed by atoms with E-state index in [9.17, 15) is 0 Å². The van der Waals surface area contributed by atoms with E-state index in [4.69, 9.17) is 0 Å². The first-order chi connectivity index (χ1) is 21.0. The summed E-state index contributed by atoms with van der Waals surface area (Å²) in [6.07, 6.45) is 11.2. The molecule has 0 atom stereocenters. The normalized spacial score (nSPS) is 13.3.